The minimum atomic E-state index is -1.36. The maximum atomic E-state index is 14.2. The fourth-order valence-corrected chi connectivity index (χ4v) is 5.76. The van der Waals surface area contributed by atoms with Crippen LogP contribution < -0.4 is 0 Å². The van der Waals surface area contributed by atoms with Crippen LogP contribution in [0.15, 0.2) is 85.1 Å². The molecular formula is C30H27N3O2. The van der Waals surface area contributed by atoms with E-state index in [4.69, 9.17) is 0 Å². The normalized spacial score (nSPS) is 18.2. The van der Waals surface area contributed by atoms with E-state index in [2.05, 4.69) is 46.0 Å². The van der Waals surface area contributed by atoms with E-state index in [1.165, 1.54) is 11.1 Å². The van der Waals surface area contributed by atoms with E-state index in [-0.39, 0.29) is 11.6 Å². The third-order valence-electron chi connectivity index (χ3n) is 7.61. The van der Waals surface area contributed by atoms with Crippen LogP contribution in [0.2, 0.25) is 0 Å². The zero-order valence-electron chi connectivity index (χ0n) is 19.8. The van der Waals surface area contributed by atoms with Gasteiger partial charge in [-0.15, -0.1) is 0 Å². The highest BCUT2D eigenvalue weighted by Crippen LogP contribution is 2.45. The molecule has 1 aliphatic carbocycles. The molecule has 1 aromatic heterocycles. The number of hydrogen-bond acceptors (Lipinski definition) is 5. The van der Waals surface area contributed by atoms with Gasteiger partial charge in [-0.1, -0.05) is 66.7 Å². The van der Waals surface area contributed by atoms with E-state index in [1.54, 1.807) is 18.3 Å². The Labute approximate surface area is 205 Å². The van der Waals surface area contributed by atoms with Gasteiger partial charge in [-0.2, -0.15) is 0 Å². The average Bonchev–Trinajstić information content (AvgIpc) is 3.13. The Hall–Kier alpha value is -3.67. The number of ketones is 2. The lowest BCUT2D eigenvalue weighted by molar-refractivity contribution is 0.0283. The van der Waals surface area contributed by atoms with E-state index in [0.717, 1.165) is 36.1 Å². The number of para-hydroxylation sites is 1. The number of fused-ring (bicyclic) bond motifs is 2. The monoisotopic (exact) mass is 461 g/mol. The van der Waals surface area contributed by atoms with Crippen LogP contribution in [0.5, 0.6) is 0 Å². The van der Waals surface area contributed by atoms with Crippen molar-refractivity contribution in [3.05, 3.63) is 113 Å². The summed E-state index contributed by atoms with van der Waals surface area (Å²) in [6.07, 6.45) is 1.72. The summed E-state index contributed by atoms with van der Waals surface area (Å²) in [5, 5.41) is 0.854. The molecule has 0 N–H and O–H groups in total. The molecule has 0 radical (unpaired) electrons. The van der Waals surface area contributed by atoms with Gasteiger partial charge >= 0.3 is 0 Å². The van der Waals surface area contributed by atoms with Crippen molar-refractivity contribution in [1.82, 2.24) is 14.8 Å². The first-order chi connectivity index (χ1) is 17.1. The van der Waals surface area contributed by atoms with Gasteiger partial charge in [-0.3, -0.25) is 24.4 Å². The first-order valence-electron chi connectivity index (χ1n) is 12.2. The second-order valence-corrected chi connectivity index (χ2v) is 9.48. The number of nitrogens with zero attached hydrogens (tertiary/aromatic N) is 3. The van der Waals surface area contributed by atoms with Gasteiger partial charge in [0.25, 0.3) is 0 Å². The van der Waals surface area contributed by atoms with E-state index in [0.29, 0.717) is 24.2 Å². The molecule has 0 saturated carbocycles. The van der Waals surface area contributed by atoms with Crippen molar-refractivity contribution in [3.63, 3.8) is 0 Å². The first-order valence-corrected chi connectivity index (χ1v) is 12.2. The fraction of sp³-hybridized carbons (Fsp3) is 0.233. The van der Waals surface area contributed by atoms with Crippen molar-refractivity contribution in [2.75, 3.05) is 26.2 Å². The SMILES string of the molecule is Cc1ccccc1CN1CCN(C2(c3ccnc4ccccc34)C(=O)c3ccccc3C2=O)CC1. The van der Waals surface area contributed by atoms with Gasteiger partial charge in [-0.25, -0.2) is 0 Å². The van der Waals surface area contributed by atoms with E-state index >= 15 is 0 Å². The molecule has 5 nitrogen and oxygen atoms in total. The number of Topliss-reactive ketones (excluding diaryl/α,β-unsaturated/α-hetero) is 2. The Morgan fingerprint density at radius 2 is 1.40 bits per heavy atom. The molecule has 35 heavy (non-hydrogen) atoms. The number of rotatable bonds is 4. The van der Waals surface area contributed by atoms with Crippen molar-refractivity contribution in [1.29, 1.82) is 0 Å². The predicted octanol–water partition coefficient (Wildman–Crippen LogP) is 4.64. The van der Waals surface area contributed by atoms with Crippen LogP contribution in [0.25, 0.3) is 10.9 Å². The van der Waals surface area contributed by atoms with Crippen molar-refractivity contribution in [3.8, 4) is 0 Å². The second-order valence-electron chi connectivity index (χ2n) is 9.48. The molecule has 4 aromatic rings. The minimum absolute atomic E-state index is 0.123. The number of aromatic nitrogens is 1. The number of benzene rings is 3. The van der Waals surface area contributed by atoms with Gasteiger partial charge in [0.1, 0.15) is 0 Å². The van der Waals surface area contributed by atoms with Crippen molar-refractivity contribution in [2.24, 2.45) is 0 Å². The van der Waals surface area contributed by atoms with Gasteiger partial charge in [0, 0.05) is 55.4 Å². The molecule has 1 fully saturated rings. The Balaban J connectivity index is 1.41. The standard InChI is InChI=1S/C30H27N3O2/c1-21-8-2-3-9-22(21)20-32-16-18-33(19-17-32)30(26-14-15-31-27-13-7-6-12-25(26)27)28(34)23-10-4-5-11-24(23)29(30)35/h2-15H,16-20H2,1H3. The molecule has 0 unspecified atom stereocenters. The van der Waals surface area contributed by atoms with Gasteiger partial charge in [-0.05, 0) is 35.7 Å². The number of carbonyl (C=O) groups excluding carboxylic acids is 2. The number of aryl methyl sites for hydroxylation is 1. The zero-order valence-corrected chi connectivity index (χ0v) is 19.8. The summed E-state index contributed by atoms with van der Waals surface area (Å²) < 4.78 is 0. The van der Waals surface area contributed by atoms with Crippen molar-refractivity contribution in [2.45, 2.75) is 19.0 Å². The molecule has 0 atom stereocenters. The fourth-order valence-electron chi connectivity index (χ4n) is 5.76. The molecule has 0 amide bonds. The Kier molecular flexibility index (Phi) is 5.32. The molecule has 1 aliphatic heterocycles. The number of carbonyl (C=O) groups is 2. The van der Waals surface area contributed by atoms with Crippen LogP contribution in [0, 0.1) is 6.92 Å². The van der Waals surface area contributed by atoms with Gasteiger partial charge < -0.3 is 0 Å². The summed E-state index contributed by atoms with van der Waals surface area (Å²) in [5.74, 6) is -0.247. The van der Waals surface area contributed by atoms with Crippen LogP contribution in [0.4, 0.5) is 0 Å². The Bertz CT molecular complexity index is 1410. The quantitative estimate of drug-likeness (QED) is 0.415. The molecule has 174 valence electrons. The summed E-state index contributed by atoms with van der Waals surface area (Å²) in [6.45, 7) is 5.85. The molecule has 3 aromatic carbocycles. The third kappa shape index (κ3) is 3.34. The predicted molar refractivity (Wildman–Crippen MR) is 137 cm³/mol. The highest BCUT2D eigenvalue weighted by molar-refractivity contribution is 6.33. The average molecular weight is 462 g/mol. The smallest absolute Gasteiger partial charge is 0.196 e. The highest BCUT2D eigenvalue weighted by Gasteiger charge is 2.58. The molecule has 0 bridgehead atoms. The number of piperazine rings is 1. The lowest BCUT2D eigenvalue weighted by Crippen LogP contribution is -2.60. The van der Waals surface area contributed by atoms with Crippen molar-refractivity contribution < 1.29 is 9.59 Å². The van der Waals surface area contributed by atoms with Gasteiger partial charge in [0.05, 0.1) is 5.52 Å². The topological polar surface area (TPSA) is 53.5 Å². The lowest BCUT2D eigenvalue weighted by atomic mass is 9.80. The lowest BCUT2D eigenvalue weighted by Gasteiger charge is -2.44. The van der Waals surface area contributed by atoms with E-state index in [9.17, 15) is 9.59 Å². The first kappa shape index (κ1) is 21.8. The molecular weight excluding hydrogens is 434 g/mol. The van der Waals surface area contributed by atoms with Crippen LogP contribution in [0.1, 0.15) is 37.4 Å². The molecule has 6 rings (SSSR count). The molecule has 0 spiro atoms. The zero-order chi connectivity index (χ0) is 24.0. The maximum absolute atomic E-state index is 14.2. The molecule has 1 saturated heterocycles. The Morgan fingerprint density at radius 3 is 2.11 bits per heavy atom. The van der Waals surface area contributed by atoms with Gasteiger partial charge in [0.2, 0.25) is 0 Å². The minimum Gasteiger partial charge on any atom is -0.297 e. The number of hydrogen-bond donors (Lipinski definition) is 0. The molecule has 5 heteroatoms. The second kappa shape index (κ2) is 8.52. The molecule has 2 heterocycles. The van der Waals surface area contributed by atoms with Crippen LogP contribution in [0.3, 0.4) is 0 Å². The summed E-state index contributed by atoms with van der Waals surface area (Å²) in [4.78, 5) is 37.4. The maximum Gasteiger partial charge on any atom is 0.196 e. The molecule has 2 aliphatic rings. The van der Waals surface area contributed by atoms with Crippen LogP contribution in [-0.4, -0.2) is 52.5 Å². The van der Waals surface area contributed by atoms with E-state index in [1.807, 2.05) is 42.5 Å². The summed E-state index contributed by atoms with van der Waals surface area (Å²) in [7, 11) is 0. The van der Waals surface area contributed by atoms with E-state index < -0.39 is 5.54 Å². The summed E-state index contributed by atoms with van der Waals surface area (Å²) in [6, 6.07) is 25.4. The van der Waals surface area contributed by atoms with Crippen molar-refractivity contribution >= 4 is 22.5 Å². The summed E-state index contributed by atoms with van der Waals surface area (Å²) >= 11 is 0. The van der Waals surface area contributed by atoms with Crippen LogP contribution in [-0.2, 0) is 12.1 Å². The number of pyridine rings is 1. The summed E-state index contributed by atoms with van der Waals surface area (Å²) in [5.41, 5.74) is 3.80. The largest absolute Gasteiger partial charge is 0.297 e. The highest BCUT2D eigenvalue weighted by atomic mass is 16.2. The van der Waals surface area contributed by atoms with Crippen LogP contribution >= 0.6 is 0 Å². The Morgan fingerprint density at radius 1 is 0.771 bits per heavy atom. The van der Waals surface area contributed by atoms with Gasteiger partial charge in [0.15, 0.2) is 17.1 Å². The third-order valence-corrected chi connectivity index (χ3v) is 7.61.